The van der Waals surface area contributed by atoms with Gasteiger partial charge in [-0.3, -0.25) is 0 Å². The summed E-state index contributed by atoms with van der Waals surface area (Å²) in [6, 6.07) is 8.59. The van der Waals surface area contributed by atoms with Crippen LogP contribution in [0.4, 0.5) is 0 Å². The first-order chi connectivity index (χ1) is 9.54. The van der Waals surface area contributed by atoms with Gasteiger partial charge in [0.05, 0.1) is 12.9 Å². The number of methoxy groups -OCH3 is 1. The average molecular weight is 298 g/mol. The first-order valence-corrected chi connectivity index (χ1v) is 8.48. The summed E-state index contributed by atoms with van der Waals surface area (Å²) in [5.41, 5.74) is 1.33. The molecule has 2 rings (SSSR count). The molecule has 20 heavy (non-hydrogen) atoms. The van der Waals surface area contributed by atoms with Crippen LogP contribution in [-0.2, 0) is 10.0 Å². The van der Waals surface area contributed by atoms with E-state index in [1.807, 2.05) is 12.1 Å². The Balaban J connectivity index is 1.71. The van der Waals surface area contributed by atoms with E-state index in [4.69, 9.17) is 4.74 Å². The Morgan fingerprint density at radius 2 is 1.90 bits per heavy atom. The highest BCUT2D eigenvalue weighted by Gasteiger charge is 2.29. The predicted molar refractivity (Wildman–Crippen MR) is 79.6 cm³/mol. The molecule has 0 amide bonds. The maximum absolute atomic E-state index is 11.3. The SMILES string of the molecule is CNS(=O)(=O)CCNC1CC(c2ccc(OC)cc2)C1. The van der Waals surface area contributed by atoms with Gasteiger partial charge >= 0.3 is 0 Å². The molecule has 0 heterocycles. The van der Waals surface area contributed by atoms with E-state index >= 15 is 0 Å². The van der Waals surface area contributed by atoms with Crippen LogP contribution in [0, 0.1) is 0 Å². The van der Waals surface area contributed by atoms with Crippen molar-refractivity contribution in [3.8, 4) is 5.75 Å². The van der Waals surface area contributed by atoms with Crippen molar-refractivity contribution in [2.75, 3.05) is 26.5 Å². The maximum atomic E-state index is 11.3. The van der Waals surface area contributed by atoms with Gasteiger partial charge in [-0.1, -0.05) is 12.1 Å². The zero-order chi connectivity index (χ0) is 14.6. The van der Waals surface area contributed by atoms with Crippen LogP contribution in [0.3, 0.4) is 0 Å². The average Bonchev–Trinajstić information content (AvgIpc) is 2.41. The first kappa shape index (κ1) is 15.3. The summed E-state index contributed by atoms with van der Waals surface area (Å²) in [5, 5.41) is 3.29. The van der Waals surface area contributed by atoms with Crippen LogP contribution in [0.2, 0.25) is 0 Å². The molecule has 0 atom stereocenters. The third kappa shape index (κ3) is 3.94. The quantitative estimate of drug-likeness (QED) is 0.790. The third-order valence-electron chi connectivity index (χ3n) is 3.84. The van der Waals surface area contributed by atoms with E-state index < -0.39 is 10.0 Å². The van der Waals surface area contributed by atoms with Crippen LogP contribution < -0.4 is 14.8 Å². The number of hydrogen-bond acceptors (Lipinski definition) is 4. The molecule has 1 fully saturated rings. The van der Waals surface area contributed by atoms with E-state index in [-0.39, 0.29) is 5.75 Å². The van der Waals surface area contributed by atoms with Crippen molar-refractivity contribution in [1.29, 1.82) is 0 Å². The van der Waals surface area contributed by atoms with Gasteiger partial charge in [0.25, 0.3) is 0 Å². The Kier molecular flexibility index (Phi) is 5.01. The van der Waals surface area contributed by atoms with E-state index in [0.717, 1.165) is 18.6 Å². The molecule has 0 bridgehead atoms. The van der Waals surface area contributed by atoms with E-state index in [1.54, 1.807) is 7.11 Å². The van der Waals surface area contributed by atoms with Crippen LogP contribution in [0.1, 0.15) is 24.3 Å². The molecule has 2 N–H and O–H groups in total. The van der Waals surface area contributed by atoms with E-state index in [9.17, 15) is 8.42 Å². The topological polar surface area (TPSA) is 67.4 Å². The van der Waals surface area contributed by atoms with Crippen molar-refractivity contribution < 1.29 is 13.2 Å². The van der Waals surface area contributed by atoms with Crippen molar-refractivity contribution in [2.45, 2.75) is 24.8 Å². The number of rotatable bonds is 7. The molecule has 1 aromatic carbocycles. The molecule has 5 nitrogen and oxygen atoms in total. The van der Waals surface area contributed by atoms with Gasteiger partial charge in [-0.2, -0.15) is 0 Å². The Labute approximate surface area is 120 Å². The minimum atomic E-state index is -3.10. The summed E-state index contributed by atoms with van der Waals surface area (Å²) in [7, 11) is 0.00798. The van der Waals surface area contributed by atoms with Gasteiger partial charge in [-0.25, -0.2) is 13.1 Å². The lowest BCUT2D eigenvalue weighted by Crippen LogP contribution is -2.42. The molecule has 0 aromatic heterocycles. The van der Waals surface area contributed by atoms with Crippen LogP contribution >= 0.6 is 0 Å². The molecule has 1 aliphatic carbocycles. The van der Waals surface area contributed by atoms with Crippen molar-refractivity contribution in [3.05, 3.63) is 29.8 Å². The van der Waals surface area contributed by atoms with Crippen LogP contribution in [0.25, 0.3) is 0 Å². The summed E-state index contributed by atoms with van der Waals surface area (Å²) >= 11 is 0. The molecule has 112 valence electrons. The fraction of sp³-hybridized carbons (Fsp3) is 0.571. The fourth-order valence-corrected chi connectivity index (χ4v) is 3.02. The van der Waals surface area contributed by atoms with E-state index in [1.165, 1.54) is 12.6 Å². The van der Waals surface area contributed by atoms with Crippen molar-refractivity contribution in [1.82, 2.24) is 10.0 Å². The molecule has 0 aliphatic heterocycles. The highest BCUT2D eigenvalue weighted by Crippen LogP contribution is 2.37. The highest BCUT2D eigenvalue weighted by molar-refractivity contribution is 7.89. The van der Waals surface area contributed by atoms with Crippen molar-refractivity contribution in [3.63, 3.8) is 0 Å². The molecule has 1 aliphatic rings. The van der Waals surface area contributed by atoms with Crippen molar-refractivity contribution >= 4 is 10.0 Å². The number of nitrogens with one attached hydrogen (secondary N) is 2. The number of benzene rings is 1. The molecular formula is C14H22N2O3S. The second-order valence-corrected chi connectivity index (χ2v) is 7.16. The van der Waals surface area contributed by atoms with Gasteiger partial charge in [0.1, 0.15) is 5.75 Å². The highest BCUT2D eigenvalue weighted by atomic mass is 32.2. The minimum absolute atomic E-state index is 0.132. The Hall–Kier alpha value is -1.11. The Bertz CT molecular complexity index is 522. The fourth-order valence-electron chi connectivity index (χ4n) is 2.43. The number of hydrogen-bond donors (Lipinski definition) is 2. The predicted octanol–water partition coefficient (Wildman–Crippen LogP) is 1.08. The zero-order valence-corrected chi connectivity index (χ0v) is 12.7. The monoisotopic (exact) mass is 298 g/mol. The second kappa shape index (κ2) is 6.56. The maximum Gasteiger partial charge on any atom is 0.212 e. The Morgan fingerprint density at radius 3 is 2.45 bits per heavy atom. The van der Waals surface area contributed by atoms with Crippen LogP contribution in [0.5, 0.6) is 5.75 Å². The normalized spacial score (nSPS) is 22.3. The minimum Gasteiger partial charge on any atom is -0.497 e. The number of sulfonamides is 1. The first-order valence-electron chi connectivity index (χ1n) is 6.82. The standard InChI is InChI=1S/C14H22N2O3S/c1-15-20(17,18)8-7-16-13-9-12(10-13)11-3-5-14(19-2)6-4-11/h3-6,12-13,15-16H,7-10H2,1-2H3. The summed E-state index contributed by atoms with van der Waals surface area (Å²) < 4.78 is 30.0. The van der Waals surface area contributed by atoms with Gasteiger partial charge in [0, 0.05) is 12.6 Å². The zero-order valence-electron chi connectivity index (χ0n) is 11.9. The molecular weight excluding hydrogens is 276 g/mol. The molecule has 0 spiro atoms. The van der Waals surface area contributed by atoms with Gasteiger partial charge in [-0.15, -0.1) is 0 Å². The second-order valence-electron chi connectivity index (χ2n) is 5.12. The molecule has 1 aromatic rings. The molecule has 6 heteroatoms. The summed E-state index contributed by atoms with van der Waals surface area (Å²) in [6.07, 6.45) is 2.12. The van der Waals surface area contributed by atoms with Crippen LogP contribution in [0.15, 0.2) is 24.3 Å². The number of ether oxygens (including phenoxy) is 1. The van der Waals surface area contributed by atoms with Crippen LogP contribution in [-0.4, -0.2) is 40.9 Å². The summed E-state index contributed by atoms with van der Waals surface area (Å²) in [6.45, 7) is 0.503. The Morgan fingerprint density at radius 1 is 1.25 bits per heavy atom. The molecule has 0 saturated heterocycles. The lowest BCUT2D eigenvalue weighted by atomic mass is 9.76. The van der Waals surface area contributed by atoms with E-state index in [2.05, 4.69) is 22.2 Å². The summed E-state index contributed by atoms with van der Waals surface area (Å²) in [5.74, 6) is 1.58. The van der Waals surface area contributed by atoms with Gasteiger partial charge in [0.15, 0.2) is 0 Å². The van der Waals surface area contributed by atoms with Gasteiger partial charge in [0.2, 0.25) is 10.0 Å². The lowest BCUT2D eigenvalue weighted by molar-refractivity contribution is 0.296. The van der Waals surface area contributed by atoms with Crippen molar-refractivity contribution in [2.24, 2.45) is 0 Å². The van der Waals surface area contributed by atoms with E-state index in [0.29, 0.717) is 18.5 Å². The molecule has 1 saturated carbocycles. The van der Waals surface area contributed by atoms with Gasteiger partial charge in [-0.05, 0) is 43.5 Å². The third-order valence-corrected chi connectivity index (χ3v) is 5.20. The van der Waals surface area contributed by atoms with Gasteiger partial charge < -0.3 is 10.1 Å². The molecule has 0 unspecified atom stereocenters. The smallest absolute Gasteiger partial charge is 0.212 e. The molecule has 0 radical (unpaired) electrons. The summed E-state index contributed by atoms with van der Waals surface area (Å²) in [4.78, 5) is 0. The largest absolute Gasteiger partial charge is 0.497 e. The lowest BCUT2D eigenvalue weighted by Gasteiger charge is -2.36.